The van der Waals surface area contributed by atoms with E-state index in [1.807, 2.05) is 24.3 Å². The molecule has 0 bridgehead atoms. The second-order valence-corrected chi connectivity index (χ2v) is 5.17. The zero-order valence-corrected chi connectivity index (χ0v) is 13.0. The molecule has 0 saturated carbocycles. The van der Waals surface area contributed by atoms with Crippen molar-refractivity contribution in [1.82, 2.24) is 0 Å². The third-order valence-corrected chi connectivity index (χ3v) is 3.37. The van der Waals surface area contributed by atoms with Gasteiger partial charge in [0.1, 0.15) is 18.1 Å². The van der Waals surface area contributed by atoms with Crippen molar-refractivity contribution in [1.29, 1.82) is 0 Å². The molecule has 0 radical (unpaired) electrons. The Morgan fingerprint density at radius 3 is 2.76 bits per heavy atom. The highest BCUT2D eigenvalue weighted by Crippen LogP contribution is 2.23. The molecule has 110 valence electrons. The molecule has 0 aliphatic rings. The van der Waals surface area contributed by atoms with Crippen LogP contribution in [0.1, 0.15) is 11.1 Å². The maximum absolute atomic E-state index is 8.74. The van der Waals surface area contributed by atoms with Crippen molar-refractivity contribution in [3.05, 3.63) is 58.1 Å². The summed E-state index contributed by atoms with van der Waals surface area (Å²) >= 11 is 3.39. The van der Waals surface area contributed by atoms with E-state index in [2.05, 4.69) is 21.1 Å². The van der Waals surface area contributed by atoms with Crippen molar-refractivity contribution < 1.29 is 14.7 Å². The minimum atomic E-state index is 0.0429. The average molecular weight is 351 g/mol. The summed E-state index contributed by atoms with van der Waals surface area (Å²) < 4.78 is 12.0. The Kier molecular flexibility index (Phi) is 5.05. The first-order valence-corrected chi connectivity index (χ1v) is 6.96. The molecule has 5 nitrogen and oxygen atoms in total. The molecule has 0 heterocycles. The smallest absolute Gasteiger partial charge is 0.170 e. The van der Waals surface area contributed by atoms with E-state index < -0.39 is 0 Å². The van der Waals surface area contributed by atoms with E-state index in [9.17, 15) is 0 Å². The van der Waals surface area contributed by atoms with Crippen LogP contribution in [0.15, 0.2) is 52.1 Å². The summed E-state index contributed by atoms with van der Waals surface area (Å²) in [4.78, 5) is 0. The molecule has 0 aromatic heterocycles. The molecule has 2 rings (SSSR count). The molecule has 2 aromatic rings. The van der Waals surface area contributed by atoms with Crippen LogP contribution in [-0.2, 0) is 6.61 Å². The summed E-state index contributed by atoms with van der Waals surface area (Å²) in [7, 11) is 1.58. The van der Waals surface area contributed by atoms with E-state index in [-0.39, 0.29) is 5.84 Å². The molecule has 3 N–H and O–H groups in total. The van der Waals surface area contributed by atoms with E-state index in [1.165, 1.54) is 0 Å². The third-order valence-electron chi connectivity index (χ3n) is 2.87. The summed E-state index contributed by atoms with van der Waals surface area (Å²) in [5.74, 6) is 1.46. The molecule has 2 aromatic carbocycles. The monoisotopic (exact) mass is 350 g/mol. The van der Waals surface area contributed by atoms with Gasteiger partial charge >= 0.3 is 0 Å². The highest BCUT2D eigenvalue weighted by molar-refractivity contribution is 9.10. The normalized spacial score (nSPS) is 11.2. The van der Waals surface area contributed by atoms with Gasteiger partial charge in [0, 0.05) is 15.6 Å². The number of oxime groups is 1. The van der Waals surface area contributed by atoms with Gasteiger partial charge in [-0.15, -0.1) is 0 Å². The molecule has 0 aliphatic carbocycles. The highest BCUT2D eigenvalue weighted by atomic mass is 79.9. The van der Waals surface area contributed by atoms with Crippen molar-refractivity contribution in [2.75, 3.05) is 7.11 Å². The topological polar surface area (TPSA) is 77.1 Å². The highest BCUT2D eigenvalue weighted by Gasteiger charge is 2.08. The standard InChI is InChI=1S/C15H15BrN2O3/c1-20-14-6-5-10(15(17)18-19)7-11(14)9-21-13-4-2-3-12(16)8-13/h2-8,19H,9H2,1H3,(H2,17,18). The number of halogens is 1. The zero-order valence-electron chi connectivity index (χ0n) is 11.4. The van der Waals surface area contributed by atoms with Crippen molar-refractivity contribution in [2.45, 2.75) is 6.61 Å². The van der Waals surface area contributed by atoms with Gasteiger partial charge in [0.15, 0.2) is 5.84 Å². The fourth-order valence-electron chi connectivity index (χ4n) is 1.83. The van der Waals surface area contributed by atoms with Crippen LogP contribution >= 0.6 is 15.9 Å². The Hall–Kier alpha value is -2.21. The van der Waals surface area contributed by atoms with Gasteiger partial charge in [-0.1, -0.05) is 27.2 Å². The number of rotatable bonds is 5. The quantitative estimate of drug-likeness (QED) is 0.376. The Bertz CT molecular complexity index is 659. The Labute approximate surface area is 131 Å². The first kappa shape index (κ1) is 15.2. The molecule has 0 aliphatic heterocycles. The first-order chi connectivity index (χ1) is 10.1. The fraction of sp³-hybridized carbons (Fsp3) is 0.133. The Morgan fingerprint density at radius 1 is 1.29 bits per heavy atom. The lowest BCUT2D eigenvalue weighted by atomic mass is 10.1. The average Bonchev–Trinajstić information content (AvgIpc) is 2.52. The summed E-state index contributed by atoms with van der Waals surface area (Å²) in [6.07, 6.45) is 0. The molecule has 0 fully saturated rings. The van der Waals surface area contributed by atoms with E-state index >= 15 is 0 Å². The molecule has 21 heavy (non-hydrogen) atoms. The van der Waals surface area contributed by atoms with Gasteiger partial charge in [-0.3, -0.25) is 0 Å². The second kappa shape index (κ2) is 6.99. The van der Waals surface area contributed by atoms with Gasteiger partial charge < -0.3 is 20.4 Å². The predicted octanol–water partition coefficient (Wildman–Crippen LogP) is 3.13. The maximum Gasteiger partial charge on any atom is 0.170 e. The van der Waals surface area contributed by atoms with Crippen LogP contribution in [0.5, 0.6) is 11.5 Å². The van der Waals surface area contributed by atoms with Gasteiger partial charge in [0.2, 0.25) is 0 Å². The third kappa shape index (κ3) is 3.88. The summed E-state index contributed by atoms with van der Waals surface area (Å²) in [6, 6.07) is 12.8. The minimum Gasteiger partial charge on any atom is -0.496 e. The van der Waals surface area contributed by atoms with Crippen molar-refractivity contribution in [3.63, 3.8) is 0 Å². The van der Waals surface area contributed by atoms with Crippen LogP contribution in [0, 0.1) is 0 Å². The fourth-order valence-corrected chi connectivity index (χ4v) is 2.20. The van der Waals surface area contributed by atoms with Crippen LogP contribution < -0.4 is 15.2 Å². The molecule has 6 heteroatoms. The minimum absolute atomic E-state index is 0.0429. The summed E-state index contributed by atoms with van der Waals surface area (Å²) in [5, 5.41) is 11.7. The van der Waals surface area contributed by atoms with Crippen LogP contribution in [0.3, 0.4) is 0 Å². The Balaban J connectivity index is 2.21. The lowest BCUT2D eigenvalue weighted by Crippen LogP contribution is -2.13. The van der Waals surface area contributed by atoms with Crippen LogP contribution in [0.2, 0.25) is 0 Å². The molecule has 0 atom stereocenters. The number of benzene rings is 2. The van der Waals surface area contributed by atoms with Crippen molar-refractivity contribution >= 4 is 21.8 Å². The predicted molar refractivity (Wildman–Crippen MR) is 84.0 cm³/mol. The second-order valence-electron chi connectivity index (χ2n) is 4.26. The largest absolute Gasteiger partial charge is 0.496 e. The number of amidine groups is 1. The molecular weight excluding hydrogens is 336 g/mol. The van der Waals surface area contributed by atoms with Crippen LogP contribution in [0.25, 0.3) is 0 Å². The van der Waals surface area contributed by atoms with Gasteiger partial charge in [-0.05, 0) is 36.4 Å². The van der Waals surface area contributed by atoms with Gasteiger partial charge in [0.05, 0.1) is 7.11 Å². The molecule has 0 unspecified atom stereocenters. The lowest BCUT2D eigenvalue weighted by molar-refractivity contribution is 0.296. The molecule has 0 spiro atoms. The Morgan fingerprint density at radius 2 is 2.10 bits per heavy atom. The molecular formula is C15H15BrN2O3. The SMILES string of the molecule is COc1ccc(/C(N)=N/O)cc1COc1cccc(Br)c1. The number of hydrogen-bond donors (Lipinski definition) is 2. The van der Waals surface area contributed by atoms with Crippen molar-refractivity contribution in [3.8, 4) is 11.5 Å². The van der Waals surface area contributed by atoms with Gasteiger partial charge in [-0.2, -0.15) is 0 Å². The van der Waals surface area contributed by atoms with Gasteiger partial charge in [-0.25, -0.2) is 0 Å². The van der Waals surface area contributed by atoms with E-state index in [1.54, 1.807) is 25.3 Å². The number of nitrogens with zero attached hydrogens (tertiary/aromatic N) is 1. The van der Waals surface area contributed by atoms with Crippen LogP contribution in [-0.4, -0.2) is 18.2 Å². The zero-order chi connectivity index (χ0) is 15.2. The maximum atomic E-state index is 8.74. The molecule has 0 amide bonds. The number of nitrogens with two attached hydrogens (primary N) is 1. The first-order valence-electron chi connectivity index (χ1n) is 6.17. The number of methoxy groups -OCH3 is 1. The molecule has 0 saturated heterocycles. The summed E-state index contributed by atoms with van der Waals surface area (Å²) in [5.41, 5.74) is 7.00. The number of ether oxygens (including phenoxy) is 2. The van der Waals surface area contributed by atoms with E-state index in [0.29, 0.717) is 17.9 Å². The van der Waals surface area contributed by atoms with Crippen molar-refractivity contribution in [2.24, 2.45) is 10.9 Å². The van der Waals surface area contributed by atoms with E-state index in [4.69, 9.17) is 20.4 Å². The van der Waals surface area contributed by atoms with E-state index in [0.717, 1.165) is 15.8 Å². The van der Waals surface area contributed by atoms with Crippen LogP contribution in [0.4, 0.5) is 0 Å². The number of hydrogen-bond acceptors (Lipinski definition) is 4. The lowest BCUT2D eigenvalue weighted by Gasteiger charge is -2.12. The summed E-state index contributed by atoms with van der Waals surface area (Å²) in [6.45, 7) is 0.312. The van der Waals surface area contributed by atoms with Gasteiger partial charge in [0.25, 0.3) is 0 Å².